The molecule has 5 N–H and O–H groups in total. The van der Waals surface area contributed by atoms with Gasteiger partial charge in [0.1, 0.15) is 6.10 Å². The van der Waals surface area contributed by atoms with Gasteiger partial charge in [0.25, 0.3) is 5.91 Å². The highest BCUT2D eigenvalue weighted by molar-refractivity contribution is 6.01. The van der Waals surface area contributed by atoms with Crippen molar-refractivity contribution >= 4 is 34.8 Å². The summed E-state index contributed by atoms with van der Waals surface area (Å²) >= 11 is 0. The van der Waals surface area contributed by atoms with Crippen LogP contribution in [0.5, 0.6) is 5.75 Å². The number of anilines is 3. The second-order valence-corrected chi connectivity index (χ2v) is 12.1. The summed E-state index contributed by atoms with van der Waals surface area (Å²) in [6.07, 6.45) is 5.75. The summed E-state index contributed by atoms with van der Waals surface area (Å²) < 4.78 is 6.62. The molecule has 0 bridgehead atoms. The summed E-state index contributed by atoms with van der Waals surface area (Å²) in [5, 5.41) is 15.7. The molecular formula is C35H46N6O5. The molecule has 3 aromatic rings. The number of aromatic nitrogens is 1. The van der Waals surface area contributed by atoms with Gasteiger partial charge >= 0.3 is 0 Å². The Kier molecular flexibility index (Phi) is 12.5. The highest BCUT2D eigenvalue weighted by atomic mass is 16.5. The molecule has 0 fully saturated rings. The number of para-hydroxylation sites is 3. The van der Waals surface area contributed by atoms with Crippen LogP contribution in [0.4, 0.5) is 17.1 Å². The van der Waals surface area contributed by atoms with E-state index in [1.165, 1.54) is 0 Å². The molecule has 11 heteroatoms. The maximum atomic E-state index is 13.7. The lowest BCUT2D eigenvalue weighted by Gasteiger charge is -2.38. The van der Waals surface area contributed by atoms with Crippen LogP contribution in [0.25, 0.3) is 0 Å². The van der Waals surface area contributed by atoms with E-state index in [-0.39, 0.29) is 48.8 Å². The van der Waals surface area contributed by atoms with Gasteiger partial charge in [0.15, 0.2) is 5.75 Å². The second kappa shape index (κ2) is 16.7. The molecule has 0 aliphatic carbocycles. The second-order valence-electron chi connectivity index (χ2n) is 12.1. The number of benzene rings is 2. The number of fused-ring (bicyclic) bond motifs is 1. The summed E-state index contributed by atoms with van der Waals surface area (Å²) in [6.45, 7) is 5.38. The monoisotopic (exact) mass is 630 g/mol. The van der Waals surface area contributed by atoms with Gasteiger partial charge < -0.3 is 31.1 Å². The van der Waals surface area contributed by atoms with Crippen molar-refractivity contribution in [3.63, 3.8) is 0 Å². The van der Waals surface area contributed by atoms with E-state index in [0.29, 0.717) is 73.7 Å². The minimum Gasteiger partial charge on any atom is -0.486 e. The summed E-state index contributed by atoms with van der Waals surface area (Å²) in [7, 11) is 2.02. The van der Waals surface area contributed by atoms with E-state index in [4.69, 9.17) is 10.5 Å². The Morgan fingerprint density at radius 1 is 1.02 bits per heavy atom. The number of carbonyl (C=O) groups excluding carboxylic acids is 3. The van der Waals surface area contributed by atoms with Crippen molar-refractivity contribution < 1.29 is 24.2 Å². The Morgan fingerprint density at radius 2 is 1.67 bits per heavy atom. The lowest BCUT2D eigenvalue weighted by atomic mass is 9.98. The predicted octanol–water partition coefficient (Wildman–Crippen LogP) is 4.54. The van der Waals surface area contributed by atoms with Gasteiger partial charge in [-0.15, -0.1) is 0 Å². The number of nitrogen functional groups attached to an aromatic ring is 1. The molecule has 246 valence electrons. The normalized spacial score (nSPS) is 17.0. The van der Waals surface area contributed by atoms with Gasteiger partial charge in [-0.25, -0.2) is 0 Å². The van der Waals surface area contributed by atoms with Crippen LogP contribution in [0.15, 0.2) is 67.0 Å². The highest BCUT2D eigenvalue weighted by Gasteiger charge is 2.34. The number of nitrogens with one attached hydrogen (secondary N) is 2. The number of nitrogens with zero attached hydrogens (tertiary/aromatic N) is 3. The van der Waals surface area contributed by atoms with Gasteiger partial charge in [-0.3, -0.25) is 24.3 Å². The van der Waals surface area contributed by atoms with Crippen LogP contribution in [-0.4, -0.2) is 76.5 Å². The number of ether oxygens (including phenoxy) is 1. The Bertz CT molecular complexity index is 1470. The van der Waals surface area contributed by atoms with Crippen molar-refractivity contribution in [1.82, 2.24) is 14.8 Å². The number of amides is 3. The van der Waals surface area contributed by atoms with Crippen molar-refractivity contribution in [3.05, 3.63) is 78.1 Å². The highest BCUT2D eigenvalue weighted by Crippen LogP contribution is 2.35. The largest absolute Gasteiger partial charge is 0.486 e. The Morgan fingerprint density at radius 3 is 2.35 bits per heavy atom. The maximum Gasteiger partial charge on any atom is 0.258 e. The van der Waals surface area contributed by atoms with E-state index in [1.807, 2.05) is 45.2 Å². The average molecular weight is 631 g/mol. The first-order valence-electron chi connectivity index (χ1n) is 15.9. The summed E-state index contributed by atoms with van der Waals surface area (Å²) in [6, 6.07) is 15.8. The number of aliphatic hydroxyl groups excluding tert-OH is 1. The van der Waals surface area contributed by atoms with Gasteiger partial charge in [0.05, 0.1) is 35.3 Å². The molecule has 0 saturated carbocycles. The molecule has 0 radical (unpaired) electrons. The minimum atomic E-state index is -0.388. The Hall–Kier alpha value is -4.48. The average Bonchev–Trinajstić information content (AvgIpc) is 3.04. The van der Waals surface area contributed by atoms with Crippen molar-refractivity contribution in [1.29, 1.82) is 0 Å². The molecule has 46 heavy (non-hydrogen) atoms. The molecule has 2 aromatic carbocycles. The third-order valence-corrected chi connectivity index (χ3v) is 8.20. The Balaban J connectivity index is 1.41. The van der Waals surface area contributed by atoms with Crippen LogP contribution in [0, 0.1) is 5.92 Å². The zero-order chi connectivity index (χ0) is 33.1. The van der Waals surface area contributed by atoms with Crippen molar-refractivity contribution in [2.24, 2.45) is 5.92 Å². The van der Waals surface area contributed by atoms with Gasteiger partial charge in [0.2, 0.25) is 11.8 Å². The number of unbranched alkanes of at least 4 members (excludes halogenated alkanes) is 2. The molecule has 4 rings (SSSR count). The molecule has 0 unspecified atom stereocenters. The molecule has 2 heterocycles. The van der Waals surface area contributed by atoms with Gasteiger partial charge in [-0.05, 0) is 68.8 Å². The fourth-order valence-electron chi connectivity index (χ4n) is 5.52. The molecule has 1 aliphatic heterocycles. The fraction of sp³-hybridized carbons (Fsp3) is 0.429. The predicted molar refractivity (Wildman–Crippen MR) is 179 cm³/mol. The van der Waals surface area contributed by atoms with E-state index in [9.17, 15) is 19.5 Å². The quantitative estimate of drug-likeness (QED) is 0.150. The fourth-order valence-corrected chi connectivity index (χ4v) is 5.52. The van der Waals surface area contributed by atoms with Gasteiger partial charge in [0, 0.05) is 50.8 Å². The third kappa shape index (κ3) is 9.51. The number of aliphatic hydroxyl groups is 1. The molecule has 3 atom stereocenters. The van der Waals surface area contributed by atoms with Crippen LogP contribution in [0.3, 0.4) is 0 Å². The SMILES string of the molecule is C[C@@H]1CN([C@H](C)CO)C(=O)c2cccc(NC(=O)CCCCCC(=O)Nc3ccccc3N)c2O[C@@H]1CN(C)Cc1ccncc1. The van der Waals surface area contributed by atoms with Crippen molar-refractivity contribution in [3.8, 4) is 5.75 Å². The maximum absolute atomic E-state index is 13.7. The van der Waals surface area contributed by atoms with Gasteiger partial charge in [-0.2, -0.15) is 0 Å². The summed E-state index contributed by atoms with van der Waals surface area (Å²) in [5.41, 5.74) is 8.90. The molecule has 3 amide bonds. The standard InChI is InChI=1S/C35H46N6O5/c1-24-20-41(25(2)23-42)35(45)27-10-9-13-30(34(27)46-31(24)22-40(3)21-26-16-18-37-19-17-26)39-33(44)15-6-4-5-14-32(43)38-29-12-8-7-11-28(29)36/h7-13,16-19,24-25,31,42H,4-6,14-15,20-23,36H2,1-3H3,(H,38,43)(H,39,44)/t24-,25-,31-/m1/s1. The molecular weight excluding hydrogens is 584 g/mol. The zero-order valence-electron chi connectivity index (χ0n) is 26.9. The number of rotatable bonds is 14. The molecule has 0 saturated heterocycles. The topological polar surface area (TPSA) is 150 Å². The van der Waals surface area contributed by atoms with Crippen LogP contribution in [0.1, 0.15) is 61.9 Å². The van der Waals surface area contributed by atoms with E-state index in [2.05, 4.69) is 20.5 Å². The lowest BCUT2D eigenvalue weighted by Crippen LogP contribution is -2.49. The number of pyridine rings is 1. The molecule has 11 nitrogen and oxygen atoms in total. The van der Waals surface area contributed by atoms with Gasteiger partial charge in [-0.1, -0.05) is 31.5 Å². The van der Waals surface area contributed by atoms with Crippen LogP contribution < -0.4 is 21.1 Å². The first-order chi connectivity index (χ1) is 22.2. The number of likely N-dealkylation sites (N-methyl/N-ethyl adjacent to an activating group) is 1. The zero-order valence-corrected chi connectivity index (χ0v) is 26.9. The Labute approximate surface area is 271 Å². The lowest BCUT2D eigenvalue weighted by molar-refractivity contribution is -0.116. The molecule has 1 aromatic heterocycles. The number of nitrogens with two attached hydrogens (primary N) is 1. The van der Waals surface area contributed by atoms with Crippen LogP contribution in [-0.2, 0) is 16.1 Å². The molecule has 1 aliphatic rings. The smallest absolute Gasteiger partial charge is 0.258 e. The van der Waals surface area contributed by atoms with Crippen LogP contribution in [0.2, 0.25) is 0 Å². The summed E-state index contributed by atoms with van der Waals surface area (Å²) in [4.78, 5) is 47.0. The van der Waals surface area contributed by atoms with E-state index in [0.717, 1.165) is 5.56 Å². The van der Waals surface area contributed by atoms with Crippen molar-refractivity contribution in [2.75, 3.05) is 43.1 Å². The number of hydrogen-bond acceptors (Lipinski definition) is 8. The van der Waals surface area contributed by atoms with E-state index < -0.39 is 0 Å². The minimum absolute atomic E-state index is 0.0646. The first kappa shape index (κ1) is 34.4. The summed E-state index contributed by atoms with van der Waals surface area (Å²) in [5.74, 6) is -0.301. The number of carbonyl (C=O) groups is 3. The van der Waals surface area contributed by atoms with E-state index >= 15 is 0 Å². The third-order valence-electron chi connectivity index (χ3n) is 8.20. The molecule has 0 spiro atoms. The van der Waals surface area contributed by atoms with Crippen LogP contribution >= 0.6 is 0 Å². The number of hydrogen-bond donors (Lipinski definition) is 4. The van der Waals surface area contributed by atoms with Crippen molar-refractivity contribution in [2.45, 2.75) is 64.6 Å². The van der Waals surface area contributed by atoms with E-state index in [1.54, 1.807) is 47.6 Å². The first-order valence-corrected chi connectivity index (χ1v) is 15.9.